The molecule has 0 aliphatic heterocycles. The van der Waals surface area contributed by atoms with E-state index in [0.717, 1.165) is 29.8 Å². The highest BCUT2D eigenvalue weighted by Crippen LogP contribution is 2.13. The van der Waals surface area contributed by atoms with E-state index in [4.69, 9.17) is 4.74 Å². The van der Waals surface area contributed by atoms with Gasteiger partial charge in [0, 0.05) is 24.2 Å². The van der Waals surface area contributed by atoms with Gasteiger partial charge in [-0.15, -0.1) is 0 Å². The van der Waals surface area contributed by atoms with E-state index in [2.05, 4.69) is 15.5 Å². The van der Waals surface area contributed by atoms with Crippen molar-refractivity contribution in [2.75, 3.05) is 7.11 Å². The van der Waals surface area contributed by atoms with Crippen molar-refractivity contribution < 1.29 is 9.53 Å². The van der Waals surface area contributed by atoms with Gasteiger partial charge in [-0.05, 0) is 37.5 Å². The molecule has 112 valence electrons. The Morgan fingerprint density at radius 3 is 2.71 bits per heavy atom. The number of benzene rings is 1. The lowest BCUT2D eigenvalue weighted by Crippen LogP contribution is -2.22. The lowest BCUT2D eigenvalue weighted by molar-refractivity contribution is -0.121. The van der Waals surface area contributed by atoms with Crippen LogP contribution < -0.4 is 10.1 Å². The highest BCUT2D eigenvalue weighted by atomic mass is 16.5. The van der Waals surface area contributed by atoms with Crippen LogP contribution in [0.25, 0.3) is 0 Å². The molecule has 0 spiro atoms. The Morgan fingerprint density at radius 1 is 1.33 bits per heavy atom. The number of rotatable bonds is 7. The Labute approximate surface area is 124 Å². The first kappa shape index (κ1) is 15.1. The maximum atomic E-state index is 11.8. The van der Waals surface area contributed by atoms with Crippen molar-refractivity contribution in [3.63, 3.8) is 0 Å². The van der Waals surface area contributed by atoms with Crippen molar-refractivity contribution in [1.82, 2.24) is 15.5 Å². The number of hydrogen-bond acceptors (Lipinski definition) is 3. The zero-order valence-electron chi connectivity index (χ0n) is 12.5. The SMILES string of the molecule is COc1ccc(CCCC(=O)NCc2cn[nH]c2C)cc1. The molecule has 0 saturated heterocycles. The summed E-state index contributed by atoms with van der Waals surface area (Å²) in [6.45, 7) is 2.47. The number of hydrogen-bond donors (Lipinski definition) is 2. The average Bonchev–Trinajstić information content (AvgIpc) is 2.91. The number of aryl methyl sites for hydroxylation is 2. The Bertz CT molecular complexity index is 575. The van der Waals surface area contributed by atoms with Gasteiger partial charge in [0.2, 0.25) is 5.91 Å². The van der Waals surface area contributed by atoms with E-state index < -0.39 is 0 Å². The van der Waals surface area contributed by atoms with E-state index in [1.165, 1.54) is 5.56 Å². The van der Waals surface area contributed by atoms with Gasteiger partial charge in [0.1, 0.15) is 5.75 Å². The number of nitrogens with zero attached hydrogens (tertiary/aromatic N) is 1. The second-order valence-corrected chi connectivity index (χ2v) is 5.00. The molecule has 21 heavy (non-hydrogen) atoms. The van der Waals surface area contributed by atoms with Gasteiger partial charge in [-0.2, -0.15) is 5.10 Å². The maximum Gasteiger partial charge on any atom is 0.220 e. The van der Waals surface area contributed by atoms with Crippen LogP contribution in [-0.2, 0) is 17.8 Å². The molecule has 1 aromatic carbocycles. The summed E-state index contributed by atoms with van der Waals surface area (Å²) in [5, 5.41) is 9.70. The van der Waals surface area contributed by atoms with E-state index in [9.17, 15) is 4.79 Å². The molecule has 1 heterocycles. The van der Waals surface area contributed by atoms with E-state index in [1.807, 2.05) is 31.2 Å². The number of carbonyl (C=O) groups is 1. The molecule has 0 unspecified atom stereocenters. The van der Waals surface area contributed by atoms with Gasteiger partial charge >= 0.3 is 0 Å². The summed E-state index contributed by atoms with van der Waals surface area (Å²) in [5.41, 5.74) is 3.24. The molecule has 0 radical (unpaired) electrons. The first-order valence-corrected chi connectivity index (χ1v) is 7.07. The van der Waals surface area contributed by atoms with E-state index in [-0.39, 0.29) is 5.91 Å². The second kappa shape index (κ2) is 7.47. The molecule has 1 amide bonds. The normalized spacial score (nSPS) is 10.4. The summed E-state index contributed by atoms with van der Waals surface area (Å²) in [4.78, 5) is 11.8. The predicted octanol–water partition coefficient (Wildman–Crippen LogP) is 2.37. The third-order valence-corrected chi connectivity index (χ3v) is 3.44. The largest absolute Gasteiger partial charge is 0.497 e. The Hall–Kier alpha value is -2.30. The fourth-order valence-electron chi connectivity index (χ4n) is 2.08. The summed E-state index contributed by atoms with van der Waals surface area (Å²) >= 11 is 0. The predicted molar refractivity (Wildman–Crippen MR) is 81.1 cm³/mol. The third kappa shape index (κ3) is 4.63. The number of amides is 1. The Kier molecular flexibility index (Phi) is 5.37. The summed E-state index contributed by atoms with van der Waals surface area (Å²) in [6.07, 6.45) is 4.00. The molecule has 2 aromatic rings. The first-order valence-electron chi connectivity index (χ1n) is 7.07. The molecule has 0 aliphatic carbocycles. The summed E-state index contributed by atoms with van der Waals surface area (Å²) in [6, 6.07) is 7.95. The number of aromatic nitrogens is 2. The van der Waals surface area contributed by atoms with Crippen LogP contribution in [0.5, 0.6) is 5.75 Å². The summed E-state index contributed by atoms with van der Waals surface area (Å²) in [7, 11) is 1.65. The fraction of sp³-hybridized carbons (Fsp3) is 0.375. The highest BCUT2D eigenvalue weighted by Gasteiger charge is 2.04. The van der Waals surface area contributed by atoms with Crippen molar-refractivity contribution in [2.24, 2.45) is 0 Å². The second-order valence-electron chi connectivity index (χ2n) is 5.00. The third-order valence-electron chi connectivity index (χ3n) is 3.44. The zero-order valence-corrected chi connectivity index (χ0v) is 12.5. The van der Waals surface area contributed by atoms with Crippen LogP contribution in [0.3, 0.4) is 0 Å². The topological polar surface area (TPSA) is 67.0 Å². The number of nitrogens with one attached hydrogen (secondary N) is 2. The number of H-pyrrole nitrogens is 1. The van der Waals surface area contributed by atoms with Gasteiger partial charge < -0.3 is 10.1 Å². The van der Waals surface area contributed by atoms with Crippen LogP contribution in [0.15, 0.2) is 30.5 Å². The zero-order chi connectivity index (χ0) is 15.1. The molecule has 0 aliphatic rings. The van der Waals surface area contributed by atoms with Crippen molar-refractivity contribution in [2.45, 2.75) is 32.7 Å². The lowest BCUT2D eigenvalue weighted by Gasteiger charge is -2.05. The van der Waals surface area contributed by atoms with Gasteiger partial charge in [-0.1, -0.05) is 12.1 Å². The van der Waals surface area contributed by atoms with Crippen LogP contribution in [0, 0.1) is 6.92 Å². The molecule has 2 rings (SSSR count). The minimum atomic E-state index is 0.0733. The average molecular weight is 287 g/mol. The van der Waals surface area contributed by atoms with Crippen LogP contribution >= 0.6 is 0 Å². The molecule has 5 heteroatoms. The van der Waals surface area contributed by atoms with Gasteiger partial charge in [-0.25, -0.2) is 0 Å². The number of ether oxygens (including phenoxy) is 1. The summed E-state index contributed by atoms with van der Waals surface area (Å²) < 4.78 is 5.12. The van der Waals surface area contributed by atoms with E-state index >= 15 is 0 Å². The number of aromatic amines is 1. The van der Waals surface area contributed by atoms with Gasteiger partial charge in [0.25, 0.3) is 0 Å². The maximum absolute atomic E-state index is 11.8. The molecule has 0 atom stereocenters. The van der Waals surface area contributed by atoms with Crippen LogP contribution in [0.2, 0.25) is 0 Å². The van der Waals surface area contributed by atoms with E-state index in [0.29, 0.717) is 13.0 Å². The van der Waals surface area contributed by atoms with Gasteiger partial charge in [0.15, 0.2) is 0 Å². The molecule has 1 aromatic heterocycles. The first-order chi connectivity index (χ1) is 10.2. The molecular formula is C16H21N3O2. The molecule has 5 nitrogen and oxygen atoms in total. The minimum absolute atomic E-state index is 0.0733. The molecule has 0 fully saturated rings. The van der Waals surface area contributed by atoms with Crippen LogP contribution in [-0.4, -0.2) is 23.2 Å². The quantitative estimate of drug-likeness (QED) is 0.821. The van der Waals surface area contributed by atoms with Gasteiger partial charge in [0.05, 0.1) is 13.3 Å². The minimum Gasteiger partial charge on any atom is -0.497 e. The summed E-state index contributed by atoms with van der Waals surface area (Å²) in [5.74, 6) is 0.927. The fourth-order valence-corrected chi connectivity index (χ4v) is 2.08. The molecular weight excluding hydrogens is 266 g/mol. The van der Waals surface area contributed by atoms with Crippen LogP contribution in [0.4, 0.5) is 0 Å². The number of methoxy groups -OCH3 is 1. The van der Waals surface area contributed by atoms with Crippen molar-refractivity contribution in [3.05, 3.63) is 47.3 Å². The van der Waals surface area contributed by atoms with Crippen molar-refractivity contribution in [1.29, 1.82) is 0 Å². The lowest BCUT2D eigenvalue weighted by atomic mass is 10.1. The van der Waals surface area contributed by atoms with Crippen LogP contribution in [0.1, 0.15) is 29.7 Å². The van der Waals surface area contributed by atoms with E-state index in [1.54, 1.807) is 13.3 Å². The Morgan fingerprint density at radius 2 is 2.10 bits per heavy atom. The smallest absolute Gasteiger partial charge is 0.220 e. The van der Waals surface area contributed by atoms with Crippen molar-refractivity contribution in [3.8, 4) is 5.75 Å². The molecule has 0 saturated carbocycles. The number of carbonyl (C=O) groups excluding carboxylic acids is 1. The highest BCUT2D eigenvalue weighted by molar-refractivity contribution is 5.75. The molecule has 0 bridgehead atoms. The van der Waals surface area contributed by atoms with Gasteiger partial charge in [-0.3, -0.25) is 9.89 Å². The Balaban J connectivity index is 1.68. The standard InChI is InChI=1S/C16H21N3O2/c1-12-14(11-18-19-12)10-17-16(20)5-3-4-13-6-8-15(21-2)9-7-13/h6-9,11H,3-5,10H2,1-2H3,(H,17,20)(H,18,19). The molecule has 2 N–H and O–H groups in total. The van der Waals surface area contributed by atoms with Crippen molar-refractivity contribution >= 4 is 5.91 Å². The monoisotopic (exact) mass is 287 g/mol.